The number of rotatable bonds is 6. The third kappa shape index (κ3) is 3.97. The van der Waals surface area contributed by atoms with Gasteiger partial charge in [-0.1, -0.05) is 17.7 Å². The van der Waals surface area contributed by atoms with Crippen LogP contribution in [-0.4, -0.2) is 29.9 Å². The van der Waals surface area contributed by atoms with Crippen LogP contribution >= 0.6 is 11.6 Å². The number of methoxy groups -OCH3 is 2. The molecule has 6 nitrogen and oxygen atoms in total. The minimum absolute atomic E-state index is 0.254. The van der Waals surface area contributed by atoms with Gasteiger partial charge in [0.1, 0.15) is 17.3 Å². The van der Waals surface area contributed by atoms with Crippen molar-refractivity contribution in [2.24, 2.45) is 0 Å². The number of carbonyl (C=O) groups is 1. The molecule has 0 unspecified atom stereocenters. The predicted molar refractivity (Wildman–Crippen MR) is 100 cm³/mol. The Morgan fingerprint density at radius 3 is 2.73 bits per heavy atom. The number of ether oxygens (including phenoxy) is 2. The molecule has 0 saturated carbocycles. The largest absolute Gasteiger partial charge is 0.497 e. The van der Waals surface area contributed by atoms with E-state index in [2.05, 4.69) is 10.4 Å². The van der Waals surface area contributed by atoms with Gasteiger partial charge in [0.25, 0.3) is 5.91 Å². The van der Waals surface area contributed by atoms with Gasteiger partial charge < -0.3 is 14.8 Å². The number of benzene rings is 2. The van der Waals surface area contributed by atoms with Crippen molar-refractivity contribution in [1.82, 2.24) is 9.78 Å². The van der Waals surface area contributed by atoms with E-state index in [1.807, 2.05) is 18.2 Å². The molecule has 0 fully saturated rings. The Morgan fingerprint density at radius 1 is 1.15 bits per heavy atom. The highest BCUT2D eigenvalue weighted by Crippen LogP contribution is 2.26. The zero-order valence-corrected chi connectivity index (χ0v) is 15.2. The summed E-state index contributed by atoms with van der Waals surface area (Å²) in [5, 5.41) is 7.64. The third-order valence-corrected chi connectivity index (χ3v) is 4.09. The van der Waals surface area contributed by atoms with Crippen LogP contribution in [0.2, 0.25) is 5.02 Å². The Balaban J connectivity index is 1.80. The minimum Gasteiger partial charge on any atom is -0.497 e. The normalized spacial score (nSPS) is 10.4. The lowest BCUT2D eigenvalue weighted by molar-refractivity contribution is 0.102. The minimum atomic E-state index is -0.254. The lowest BCUT2D eigenvalue weighted by Crippen LogP contribution is -2.16. The number of hydrogen-bond donors (Lipinski definition) is 1. The van der Waals surface area contributed by atoms with Crippen LogP contribution in [0.5, 0.6) is 11.5 Å². The summed E-state index contributed by atoms with van der Waals surface area (Å²) in [5.41, 5.74) is 1.39. The van der Waals surface area contributed by atoms with E-state index < -0.39 is 0 Å². The second-order valence-corrected chi connectivity index (χ2v) is 5.95. The molecule has 1 heterocycles. The van der Waals surface area contributed by atoms with Crippen LogP contribution in [0.3, 0.4) is 0 Å². The van der Waals surface area contributed by atoms with E-state index in [4.69, 9.17) is 21.1 Å². The first-order chi connectivity index (χ1) is 12.6. The van der Waals surface area contributed by atoms with Crippen LogP contribution in [0.25, 0.3) is 0 Å². The van der Waals surface area contributed by atoms with Crippen LogP contribution in [0.15, 0.2) is 54.7 Å². The summed E-state index contributed by atoms with van der Waals surface area (Å²) in [5.74, 6) is 1.72. The third-order valence-electron chi connectivity index (χ3n) is 3.86. The Kier molecular flexibility index (Phi) is 5.43. The fraction of sp³-hybridized carbons (Fsp3) is 0.158. The molecule has 0 bridgehead atoms. The average Bonchev–Trinajstić information content (AvgIpc) is 3.08. The standard InChI is InChI=1S/C19H18ClN3O3/c1-25-16-7-6-14(17(11-16)26-2)12-23-18(8-9-21-23)22-19(24)13-4-3-5-15(20)10-13/h3-11H,12H2,1-2H3,(H,22,24). The molecule has 1 aromatic heterocycles. The lowest BCUT2D eigenvalue weighted by Gasteiger charge is -2.13. The van der Waals surface area contributed by atoms with Gasteiger partial charge >= 0.3 is 0 Å². The summed E-state index contributed by atoms with van der Waals surface area (Å²) < 4.78 is 12.3. The molecule has 2 aromatic carbocycles. The fourth-order valence-corrected chi connectivity index (χ4v) is 2.72. The Morgan fingerprint density at radius 2 is 2.00 bits per heavy atom. The maximum Gasteiger partial charge on any atom is 0.256 e. The smallest absolute Gasteiger partial charge is 0.256 e. The number of anilines is 1. The number of nitrogens with one attached hydrogen (secondary N) is 1. The molecule has 1 N–H and O–H groups in total. The van der Waals surface area contributed by atoms with E-state index in [1.165, 1.54) is 0 Å². The van der Waals surface area contributed by atoms with Crippen molar-refractivity contribution < 1.29 is 14.3 Å². The van der Waals surface area contributed by atoms with Crippen LogP contribution in [-0.2, 0) is 6.54 Å². The summed E-state index contributed by atoms with van der Waals surface area (Å²) in [6, 6.07) is 14.1. The van der Waals surface area contributed by atoms with Crippen molar-refractivity contribution in [3.8, 4) is 11.5 Å². The lowest BCUT2D eigenvalue weighted by atomic mass is 10.2. The van der Waals surface area contributed by atoms with Crippen molar-refractivity contribution in [1.29, 1.82) is 0 Å². The maximum atomic E-state index is 12.4. The highest BCUT2D eigenvalue weighted by molar-refractivity contribution is 6.31. The topological polar surface area (TPSA) is 65.4 Å². The second kappa shape index (κ2) is 7.93. The Labute approximate surface area is 156 Å². The summed E-state index contributed by atoms with van der Waals surface area (Å²) in [6.45, 7) is 0.436. The maximum absolute atomic E-state index is 12.4. The summed E-state index contributed by atoms with van der Waals surface area (Å²) in [4.78, 5) is 12.4. The van der Waals surface area contributed by atoms with E-state index in [9.17, 15) is 4.79 Å². The van der Waals surface area contributed by atoms with Gasteiger partial charge in [-0.25, -0.2) is 4.68 Å². The van der Waals surface area contributed by atoms with Gasteiger partial charge in [-0.2, -0.15) is 5.10 Å². The highest BCUT2D eigenvalue weighted by atomic mass is 35.5. The SMILES string of the molecule is COc1ccc(Cn2nccc2NC(=O)c2cccc(Cl)c2)c(OC)c1. The van der Waals surface area contributed by atoms with Crippen molar-refractivity contribution in [3.63, 3.8) is 0 Å². The van der Waals surface area contributed by atoms with Crippen LogP contribution in [0, 0.1) is 0 Å². The first-order valence-corrected chi connectivity index (χ1v) is 8.28. The predicted octanol–water partition coefficient (Wildman–Crippen LogP) is 3.85. The van der Waals surface area contributed by atoms with Gasteiger partial charge in [-0.3, -0.25) is 4.79 Å². The van der Waals surface area contributed by atoms with Gasteiger partial charge in [0.15, 0.2) is 0 Å². The number of nitrogens with zero attached hydrogens (tertiary/aromatic N) is 2. The van der Waals surface area contributed by atoms with Gasteiger partial charge in [-0.05, 0) is 30.3 Å². The number of aromatic nitrogens is 2. The second-order valence-electron chi connectivity index (χ2n) is 5.52. The molecule has 1 amide bonds. The van der Waals surface area contributed by atoms with Crippen LogP contribution < -0.4 is 14.8 Å². The van der Waals surface area contributed by atoms with Crippen molar-refractivity contribution in [2.45, 2.75) is 6.54 Å². The van der Waals surface area contributed by atoms with E-state index >= 15 is 0 Å². The molecule has 0 aliphatic heterocycles. The quantitative estimate of drug-likeness (QED) is 0.714. The molecule has 26 heavy (non-hydrogen) atoms. The fourth-order valence-electron chi connectivity index (χ4n) is 2.53. The number of amides is 1. The zero-order valence-electron chi connectivity index (χ0n) is 14.4. The Bertz CT molecular complexity index is 924. The molecule has 3 aromatic rings. The molecule has 0 spiro atoms. The summed E-state index contributed by atoms with van der Waals surface area (Å²) in [7, 11) is 3.20. The van der Waals surface area contributed by atoms with Gasteiger partial charge in [0, 0.05) is 28.3 Å². The molecule has 7 heteroatoms. The van der Waals surface area contributed by atoms with E-state index in [-0.39, 0.29) is 5.91 Å². The summed E-state index contributed by atoms with van der Waals surface area (Å²) in [6.07, 6.45) is 1.63. The molecule has 3 rings (SSSR count). The average molecular weight is 372 g/mol. The molecule has 0 aliphatic rings. The van der Waals surface area contributed by atoms with E-state index in [0.29, 0.717) is 34.4 Å². The number of carbonyl (C=O) groups excluding carboxylic acids is 1. The number of halogens is 1. The van der Waals surface area contributed by atoms with Gasteiger partial charge in [0.2, 0.25) is 0 Å². The highest BCUT2D eigenvalue weighted by Gasteiger charge is 2.12. The van der Waals surface area contributed by atoms with Crippen LogP contribution in [0.4, 0.5) is 5.82 Å². The molecule has 0 saturated heterocycles. The molecule has 134 valence electrons. The van der Waals surface area contributed by atoms with Crippen LogP contribution in [0.1, 0.15) is 15.9 Å². The summed E-state index contributed by atoms with van der Waals surface area (Å²) >= 11 is 5.95. The van der Waals surface area contributed by atoms with Crippen molar-refractivity contribution in [3.05, 3.63) is 70.9 Å². The molecular weight excluding hydrogens is 354 g/mol. The first kappa shape index (κ1) is 17.8. The monoisotopic (exact) mass is 371 g/mol. The number of hydrogen-bond acceptors (Lipinski definition) is 4. The van der Waals surface area contributed by atoms with E-state index in [0.717, 1.165) is 5.56 Å². The molecule has 0 radical (unpaired) electrons. The van der Waals surface area contributed by atoms with E-state index in [1.54, 1.807) is 55.4 Å². The van der Waals surface area contributed by atoms with Crippen molar-refractivity contribution in [2.75, 3.05) is 19.5 Å². The van der Waals surface area contributed by atoms with Gasteiger partial charge in [-0.15, -0.1) is 0 Å². The molecule has 0 aliphatic carbocycles. The molecular formula is C19H18ClN3O3. The zero-order chi connectivity index (χ0) is 18.5. The van der Waals surface area contributed by atoms with Crippen molar-refractivity contribution >= 4 is 23.3 Å². The Hall–Kier alpha value is -2.99. The van der Waals surface area contributed by atoms with Gasteiger partial charge in [0.05, 0.1) is 27.0 Å². The first-order valence-electron chi connectivity index (χ1n) is 7.90. The molecule has 0 atom stereocenters.